The lowest BCUT2D eigenvalue weighted by atomic mass is 10.1. The Hall–Kier alpha value is -3.76. The zero-order chi connectivity index (χ0) is 26.0. The topological polar surface area (TPSA) is 88.2 Å². The normalized spacial score (nSPS) is 11.6. The Morgan fingerprint density at radius 2 is 1.68 bits per heavy atom. The molecule has 0 aliphatic carbocycles. The van der Waals surface area contributed by atoms with Gasteiger partial charge in [0.25, 0.3) is 10.0 Å². The second kappa shape index (κ2) is 10.3. The lowest BCUT2D eigenvalue weighted by Crippen LogP contribution is -2.11. The summed E-state index contributed by atoms with van der Waals surface area (Å²) in [5.41, 5.74) is 1.88. The summed E-state index contributed by atoms with van der Waals surface area (Å²) < 4.78 is 41.7. The van der Waals surface area contributed by atoms with E-state index < -0.39 is 10.0 Å². The maximum absolute atomic E-state index is 13.7. The average Bonchev–Trinajstić information content (AvgIpc) is 3.53. The molecule has 0 saturated heterocycles. The molecule has 190 valence electrons. The van der Waals surface area contributed by atoms with Crippen molar-refractivity contribution in [3.8, 4) is 28.6 Å². The minimum absolute atomic E-state index is 0.206. The van der Waals surface area contributed by atoms with Crippen molar-refractivity contribution in [1.29, 1.82) is 0 Å². The van der Waals surface area contributed by atoms with E-state index in [1.54, 1.807) is 68.6 Å². The van der Waals surface area contributed by atoms with Crippen LogP contribution in [-0.4, -0.2) is 47.1 Å². The van der Waals surface area contributed by atoms with Gasteiger partial charge in [-0.1, -0.05) is 55.1 Å². The molecule has 0 spiro atoms. The molecule has 2 heterocycles. The smallest absolute Gasteiger partial charge is 0.268 e. The number of hydrogen-bond donors (Lipinski definition) is 0. The summed E-state index contributed by atoms with van der Waals surface area (Å²) in [6.45, 7) is 2.10. The predicted octanol–water partition coefficient (Wildman–Crippen LogP) is 5.65. The summed E-state index contributed by atoms with van der Waals surface area (Å²) in [6.07, 6.45) is 2.57. The Labute approximate surface area is 219 Å². The minimum Gasteiger partial charge on any atom is -0.497 e. The lowest BCUT2D eigenvalue weighted by Gasteiger charge is -2.15. The maximum atomic E-state index is 13.7. The number of hydrogen-bond acceptors (Lipinski definition) is 7. The van der Waals surface area contributed by atoms with Crippen LogP contribution in [0, 0.1) is 0 Å². The monoisotopic (exact) mass is 534 g/mol. The fourth-order valence-corrected chi connectivity index (χ4v) is 6.34. The third-order valence-electron chi connectivity index (χ3n) is 5.91. The minimum atomic E-state index is -3.85. The molecule has 0 bridgehead atoms. The van der Waals surface area contributed by atoms with Crippen molar-refractivity contribution in [2.24, 2.45) is 0 Å². The molecule has 8 nitrogen and oxygen atoms in total. The maximum Gasteiger partial charge on any atom is 0.268 e. The first kappa shape index (κ1) is 24.9. The van der Waals surface area contributed by atoms with Crippen LogP contribution in [0.15, 0.2) is 89.0 Å². The van der Waals surface area contributed by atoms with E-state index in [0.717, 1.165) is 17.6 Å². The van der Waals surface area contributed by atoms with Crippen LogP contribution in [-0.2, 0) is 10.0 Å². The second-order valence-corrected chi connectivity index (χ2v) is 11.1. The molecule has 0 aliphatic rings. The highest BCUT2D eigenvalue weighted by Gasteiger charge is 2.26. The number of ether oxygens (including phenoxy) is 2. The van der Waals surface area contributed by atoms with Crippen LogP contribution in [0.3, 0.4) is 0 Å². The van der Waals surface area contributed by atoms with Crippen molar-refractivity contribution < 1.29 is 17.9 Å². The van der Waals surface area contributed by atoms with Gasteiger partial charge in [-0.2, -0.15) is 0 Å². The van der Waals surface area contributed by atoms with Crippen molar-refractivity contribution >= 4 is 32.7 Å². The quantitative estimate of drug-likeness (QED) is 0.226. The largest absolute Gasteiger partial charge is 0.497 e. The first-order chi connectivity index (χ1) is 18.0. The number of fused-ring (bicyclic) bond motifs is 1. The Morgan fingerprint density at radius 1 is 0.919 bits per heavy atom. The molecule has 0 atom stereocenters. The summed E-state index contributed by atoms with van der Waals surface area (Å²) in [7, 11) is -0.643. The molecule has 2 aromatic heterocycles. The highest BCUT2D eigenvalue weighted by Crippen LogP contribution is 2.38. The summed E-state index contributed by atoms with van der Waals surface area (Å²) in [6, 6.07) is 21.3. The van der Waals surface area contributed by atoms with Gasteiger partial charge in [-0.3, -0.25) is 4.57 Å². The highest BCUT2D eigenvalue weighted by molar-refractivity contribution is 7.99. The van der Waals surface area contributed by atoms with Gasteiger partial charge in [0.2, 0.25) is 0 Å². The van der Waals surface area contributed by atoms with Gasteiger partial charge in [0.15, 0.2) is 11.0 Å². The molecule has 0 radical (unpaired) electrons. The number of nitrogens with zero attached hydrogens (tertiary/aromatic N) is 4. The van der Waals surface area contributed by atoms with E-state index >= 15 is 0 Å². The van der Waals surface area contributed by atoms with E-state index in [0.29, 0.717) is 39.2 Å². The first-order valence-electron chi connectivity index (χ1n) is 11.7. The van der Waals surface area contributed by atoms with Crippen molar-refractivity contribution in [2.45, 2.75) is 23.4 Å². The van der Waals surface area contributed by atoms with Crippen LogP contribution >= 0.6 is 11.8 Å². The standard InChI is InChI=1S/C27H26N4O4S2/c1-4-16-36-27-29-28-26(31(27)24-17-19(34-2)14-15-25(24)35-3)22-18-30(23-13-9-8-12-21(22)23)37(32,33)20-10-6-5-7-11-20/h5-15,17-18H,4,16H2,1-3H3. The summed E-state index contributed by atoms with van der Waals surface area (Å²) in [5.74, 6) is 2.61. The SMILES string of the molecule is CCCSc1nnc(-c2cn(S(=O)(=O)c3ccccc3)c3ccccc23)n1-c1cc(OC)ccc1OC. The molecule has 0 saturated carbocycles. The molecule has 3 aromatic carbocycles. The zero-order valence-corrected chi connectivity index (χ0v) is 22.3. The van der Waals surface area contributed by atoms with Crippen LogP contribution < -0.4 is 9.47 Å². The molecule has 0 aliphatic heterocycles. The predicted molar refractivity (Wildman–Crippen MR) is 145 cm³/mol. The van der Waals surface area contributed by atoms with Crippen LogP contribution in [0.4, 0.5) is 0 Å². The molecular weight excluding hydrogens is 508 g/mol. The van der Waals surface area contributed by atoms with E-state index in [1.807, 2.05) is 41.0 Å². The summed E-state index contributed by atoms with van der Waals surface area (Å²) in [4.78, 5) is 0.206. The van der Waals surface area contributed by atoms with Crippen molar-refractivity contribution in [3.63, 3.8) is 0 Å². The number of rotatable bonds is 9. The molecule has 0 fully saturated rings. The van der Waals surface area contributed by atoms with E-state index in [4.69, 9.17) is 9.47 Å². The van der Waals surface area contributed by atoms with E-state index in [1.165, 1.54) is 3.97 Å². The van der Waals surface area contributed by atoms with Gasteiger partial charge in [0, 0.05) is 29.0 Å². The summed E-state index contributed by atoms with van der Waals surface area (Å²) in [5, 5.41) is 10.5. The van der Waals surface area contributed by atoms with E-state index in [9.17, 15) is 8.42 Å². The number of benzene rings is 3. The Kier molecular flexibility index (Phi) is 6.94. The first-order valence-corrected chi connectivity index (χ1v) is 14.1. The van der Waals surface area contributed by atoms with Gasteiger partial charge in [-0.25, -0.2) is 12.4 Å². The third-order valence-corrected chi connectivity index (χ3v) is 8.74. The molecule has 0 unspecified atom stereocenters. The fraction of sp³-hybridized carbons (Fsp3) is 0.185. The number of thioether (sulfide) groups is 1. The molecule has 37 heavy (non-hydrogen) atoms. The van der Waals surface area contributed by atoms with Gasteiger partial charge < -0.3 is 9.47 Å². The molecular formula is C27H26N4O4S2. The molecule has 0 N–H and O–H groups in total. The zero-order valence-electron chi connectivity index (χ0n) is 20.7. The Balaban J connectivity index is 1.79. The van der Waals surface area contributed by atoms with Gasteiger partial charge in [-0.15, -0.1) is 10.2 Å². The van der Waals surface area contributed by atoms with Crippen molar-refractivity contribution in [2.75, 3.05) is 20.0 Å². The van der Waals surface area contributed by atoms with E-state index in [-0.39, 0.29) is 4.90 Å². The van der Waals surface area contributed by atoms with Crippen molar-refractivity contribution in [3.05, 3.63) is 79.0 Å². The van der Waals surface area contributed by atoms with Crippen LogP contribution in [0.25, 0.3) is 28.0 Å². The van der Waals surface area contributed by atoms with Gasteiger partial charge >= 0.3 is 0 Å². The van der Waals surface area contributed by atoms with Crippen LogP contribution in [0.1, 0.15) is 13.3 Å². The Bertz CT molecular complexity index is 1660. The second-order valence-electron chi connectivity index (χ2n) is 8.20. The van der Waals surface area contributed by atoms with Crippen LogP contribution in [0.2, 0.25) is 0 Å². The van der Waals surface area contributed by atoms with Crippen molar-refractivity contribution in [1.82, 2.24) is 18.7 Å². The average molecular weight is 535 g/mol. The van der Waals surface area contributed by atoms with Gasteiger partial charge in [0.1, 0.15) is 11.5 Å². The molecule has 0 amide bonds. The number of methoxy groups -OCH3 is 2. The van der Waals surface area contributed by atoms with E-state index in [2.05, 4.69) is 17.1 Å². The van der Waals surface area contributed by atoms with Gasteiger partial charge in [-0.05, 0) is 36.8 Å². The third kappa shape index (κ3) is 4.47. The summed E-state index contributed by atoms with van der Waals surface area (Å²) >= 11 is 1.57. The number of aromatic nitrogens is 4. The highest BCUT2D eigenvalue weighted by atomic mass is 32.2. The Morgan fingerprint density at radius 3 is 2.41 bits per heavy atom. The molecule has 10 heteroatoms. The van der Waals surface area contributed by atoms with Crippen LogP contribution in [0.5, 0.6) is 11.5 Å². The number of para-hydroxylation sites is 1. The molecule has 5 aromatic rings. The fourth-order valence-electron chi connectivity index (χ4n) is 4.15. The lowest BCUT2D eigenvalue weighted by molar-refractivity contribution is 0.401. The van der Waals surface area contributed by atoms with Gasteiger partial charge in [0.05, 0.1) is 30.3 Å². The molecule has 5 rings (SSSR count).